The average molecular weight is 399 g/mol. The Labute approximate surface area is 175 Å². The third kappa shape index (κ3) is 4.33. The van der Waals surface area contributed by atoms with Crippen molar-refractivity contribution in [3.05, 3.63) is 90.5 Å². The molecule has 4 rings (SSSR count). The second kappa shape index (κ2) is 8.50. The summed E-state index contributed by atoms with van der Waals surface area (Å²) >= 11 is 1.48. The van der Waals surface area contributed by atoms with Crippen LogP contribution in [0.3, 0.4) is 0 Å². The van der Waals surface area contributed by atoms with E-state index in [1.54, 1.807) is 0 Å². The van der Waals surface area contributed by atoms with Crippen molar-refractivity contribution in [3.8, 4) is 11.1 Å². The van der Waals surface area contributed by atoms with Crippen LogP contribution in [0.15, 0.2) is 90.0 Å². The van der Waals surface area contributed by atoms with Crippen molar-refractivity contribution in [1.82, 2.24) is 4.98 Å². The second-order valence-electron chi connectivity index (χ2n) is 6.96. The number of carbonyl (C=O) groups is 1. The average Bonchev–Trinajstić information content (AvgIpc) is 2.75. The van der Waals surface area contributed by atoms with Gasteiger partial charge in [0.15, 0.2) is 0 Å². The van der Waals surface area contributed by atoms with E-state index in [0.717, 1.165) is 32.7 Å². The van der Waals surface area contributed by atoms with Crippen LogP contribution < -0.4 is 5.32 Å². The molecule has 0 bridgehead atoms. The minimum absolute atomic E-state index is 0.0361. The normalized spacial score (nSPS) is 11.9. The summed E-state index contributed by atoms with van der Waals surface area (Å²) in [5.41, 5.74) is 5.03. The van der Waals surface area contributed by atoms with E-state index in [1.165, 1.54) is 17.3 Å². The lowest BCUT2D eigenvalue weighted by Crippen LogP contribution is -2.22. The molecule has 0 aliphatic rings. The number of carbonyl (C=O) groups excluding carboxylic acids is 1. The number of aryl methyl sites for hydroxylation is 1. The summed E-state index contributed by atoms with van der Waals surface area (Å²) < 4.78 is 0. The van der Waals surface area contributed by atoms with Gasteiger partial charge in [-0.15, -0.1) is 0 Å². The fourth-order valence-corrected chi connectivity index (χ4v) is 4.23. The molecule has 0 unspecified atom stereocenters. The molecule has 1 atom stereocenters. The Morgan fingerprint density at radius 1 is 0.931 bits per heavy atom. The molecule has 0 saturated carbocycles. The first-order valence-electron chi connectivity index (χ1n) is 9.60. The van der Waals surface area contributed by atoms with Gasteiger partial charge in [-0.2, -0.15) is 0 Å². The van der Waals surface area contributed by atoms with Crippen molar-refractivity contribution in [3.63, 3.8) is 0 Å². The highest BCUT2D eigenvalue weighted by atomic mass is 32.2. The Kier molecular flexibility index (Phi) is 5.63. The van der Waals surface area contributed by atoms with E-state index in [4.69, 9.17) is 4.98 Å². The molecule has 4 aromatic rings. The smallest absolute Gasteiger partial charge is 0.237 e. The first-order chi connectivity index (χ1) is 14.1. The van der Waals surface area contributed by atoms with E-state index in [0.29, 0.717) is 0 Å². The highest BCUT2D eigenvalue weighted by molar-refractivity contribution is 8.00. The summed E-state index contributed by atoms with van der Waals surface area (Å²) in [5, 5.41) is 4.83. The van der Waals surface area contributed by atoms with Crippen LogP contribution in [0.4, 0.5) is 5.69 Å². The first kappa shape index (κ1) is 19.2. The summed E-state index contributed by atoms with van der Waals surface area (Å²) in [6, 6.07) is 28.1. The molecule has 1 heterocycles. The van der Waals surface area contributed by atoms with Crippen LogP contribution in [0.2, 0.25) is 0 Å². The monoisotopic (exact) mass is 398 g/mol. The quantitative estimate of drug-likeness (QED) is 0.399. The molecule has 4 heteroatoms. The van der Waals surface area contributed by atoms with Crippen molar-refractivity contribution < 1.29 is 4.79 Å². The number of hydrogen-bond acceptors (Lipinski definition) is 3. The topological polar surface area (TPSA) is 42.0 Å². The number of benzene rings is 3. The lowest BCUT2D eigenvalue weighted by atomic mass is 10.0. The Morgan fingerprint density at radius 3 is 2.45 bits per heavy atom. The molecular formula is C25H22N2OS. The number of fused-ring (bicyclic) bond motifs is 1. The number of nitrogens with zero attached hydrogens (tertiary/aromatic N) is 1. The summed E-state index contributed by atoms with van der Waals surface area (Å²) in [6.07, 6.45) is 0. The lowest BCUT2D eigenvalue weighted by molar-refractivity contribution is -0.115. The molecule has 1 amide bonds. The maximum absolute atomic E-state index is 12.9. The third-order valence-electron chi connectivity index (χ3n) is 4.84. The van der Waals surface area contributed by atoms with Crippen LogP contribution in [0, 0.1) is 6.92 Å². The predicted molar refractivity (Wildman–Crippen MR) is 122 cm³/mol. The van der Waals surface area contributed by atoms with E-state index in [-0.39, 0.29) is 11.2 Å². The predicted octanol–water partition coefficient (Wildman–Crippen LogP) is 6.33. The minimum atomic E-state index is -0.271. The summed E-state index contributed by atoms with van der Waals surface area (Å²) in [7, 11) is 0. The van der Waals surface area contributed by atoms with Crippen LogP contribution in [0.5, 0.6) is 0 Å². The zero-order valence-electron chi connectivity index (χ0n) is 16.4. The van der Waals surface area contributed by atoms with E-state index in [2.05, 4.69) is 24.4 Å². The van der Waals surface area contributed by atoms with Gasteiger partial charge in [0.1, 0.15) is 0 Å². The summed E-state index contributed by atoms with van der Waals surface area (Å²) in [6.45, 7) is 3.99. The van der Waals surface area contributed by atoms with Crippen LogP contribution in [-0.4, -0.2) is 16.1 Å². The van der Waals surface area contributed by atoms with Crippen LogP contribution in [-0.2, 0) is 4.79 Å². The number of anilines is 1. The van der Waals surface area contributed by atoms with E-state index in [1.807, 2.05) is 79.7 Å². The molecule has 0 saturated heterocycles. The fourth-order valence-electron chi connectivity index (χ4n) is 3.31. The largest absolute Gasteiger partial charge is 0.325 e. The molecule has 1 aromatic heterocycles. The van der Waals surface area contributed by atoms with Crippen molar-refractivity contribution in [2.24, 2.45) is 0 Å². The van der Waals surface area contributed by atoms with Crippen molar-refractivity contribution >= 4 is 34.3 Å². The third-order valence-corrected chi connectivity index (χ3v) is 5.85. The van der Waals surface area contributed by atoms with Gasteiger partial charge < -0.3 is 5.32 Å². The second-order valence-corrected chi connectivity index (χ2v) is 8.32. The van der Waals surface area contributed by atoms with E-state index in [9.17, 15) is 4.79 Å². The molecule has 0 spiro atoms. The first-order valence-corrected chi connectivity index (χ1v) is 10.5. The summed E-state index contributed by atoms with van der Waals surface area (Å²) in [5.74, 6) is -0.0361. The Bertz CT molecular complexity index is 1160. The van der Waals surface area contributed by atoms with Gasteiger partial charge in [-0.25, -0.2) is 4.98 Å². The maximum Gasteiger partial charge on any atom is 0.237 e. The number of amides is 1. The van der Waals surface area contributed by atoms with Crippen LogP contribution in [0.25, 0.3) is 22.0 Å². The Balaban J connectivity index is 1.53. The number of para-hydroxylation sites is 2. The highest BCUT2D eigenvalue weighted by Gasteiger charge is 2.17. The Hall–Kier alpha value is -3.11. The molecule has 0 fully saturated rings. The SMILES string of the molecule is Cc1cc(S[C@@H](C)C(=O)Nc2ccccc2-c2ccccc2)nc2ccccc12. The number of hydrogen-bond donors (Lipinski definition) is 1. The standard InChI is InChI=1S/C25H22N2OS/c1-17-16-24(26-22-14-8-6-12-20(17)22)29-18(2)25(28)27-23-15-9-7-13-21(23)19-10-4-3-5-11-19/h3-16,18H,1-2H3,(H,27,28)/t18-/m0/s1. The van der Waals surface area contributed by atoms with Gasteiger partial charge in [0.05, 0.1) is 15.8 Å². The number of aromatic nitrogens is 1. The van der Waals surface area contributed by atoms with Gasteiger partial charge in [-0.3, -0.25) is 4.79 Å². The molecule has 3 nitrogen and oxygen atoms in total. The molecule has 3 aromatic carbocycles. The van der Waals surface area contributed by atoms with Gasteiger partial charge in [-0.05, 0) is 43.2 Å². The number of thioether (sulfide) groups is 1. The molecule has 0 radical (unpaired) electrons. The lowest BCUT2D eigenvalue weighted by Gasteiger charge is -2.15. The van der Waals surface area contributed by atoms with Crippen molar-refractivity contribution in [2.45, 2.75) is 24.1 Å². The molecule has 0 aliphatic carbocycles. The number of pyridine rings is 1. The molecule has 1 N–H and O–H groups in total. The van der Waals surface area contributed by atoms with Gasteiger partial charge in [-0.1, -0.05) is 78.5 Å². The van der Waals surface area contributed by atoms with Crippen LogP contribution in [0.1, 0.15) is 12.5 Å². The zero-order valence-corrected chi connectivity index (χ0v) is 17.2. The van der Waals surface area contributed by atoms with Gasteiger partial charge >= 0.3 is 0 Å². The van der Waals surface area contributed by atoms with Gasteiger partial charge in [0.2, 0.25) is 5.91 Å². The van der Waals surface area contributed by atoms with E-state index >= 15 is 0 Å². The Morgan fingerprint density at radius 2 is 1.62 bits per heavy atom. The fraction of sp³-hybridized carbons (Fsp3) is 0.120. The maximum atomic E-state index is 12.9. The van der Waals surface area contributed by atoms with Crippen molar-refractivity contribution in [2.75, 3.05) is 5.32 Å². The van der Waals surface area contributed by atoms with E-state index < -0.39 is 0 Å². The summed E-state index contributed by atoms with van der Waals surface area (Å²) in [4.78, 5) is 17.6. The molecular weight excluding hydrogens is 376 g/mol. The number of nitrogens with one attached hydrogen (secondary N) is 1. The van der Waals surface area contributed by atoms with Gasteiger partial charge in [0, 0.05) is 16.6 Å². The highest BCUT2D eigenvalue weighted by Crippen LogP contribution is 2.30. The molecule has 0 aliphatic heterocycles. The molecule has 144 valence electrons. The van der Waals surface area contributed by atoms with Crippen LogP contribution >= 0.6 is 11.8 Å². The van der Waals surface area contributed by atoms with Gasteiger partial charge in [0.25, 0.3) is 0 Å². The minimum Gasteiger partial charge on any atom is -0.325 e. The zero-order chi connectivity index (χ0) is 20.2. The number of rotatable bonds is 5. The van der Waals surface area contributed by atoms with Crippen molar-refractivity contribution in [1.29, 1.82) is 0 Å². The molecule has 29 heavy (non-hydrogen) atoms.